The number of primary sulfonamides is 1. The number of benzene rings is 2. The molecule has 0 bridgehead atoms. The number of rotatable bonds is 7. The highest BCUT2D eigenvalue weighted by molar-refractivity contribution is 7.89. The summed E-state index contributed by atoms with van der Waals surface area (Å²) in [6.07, 6.45) is 2.47. The van der Waals surface area contributed by atoms with Gasteiger partial charge in [0.15, 0.2) is 5.96 Å². The Morgan fingerprint density at radius 2 is 1.83 bits per heavy atom. The molecule has 3 rings (SSSR count). The van der Waals surface area contributed by atoms with Crippen LogP contribution >= 0.6 is 0 Å². The lowest BCUT2D eigenvalue weighted by Gasteiger charge is -2.29. The van der Waals surface area contributed by atoms with E-state index in [4.69, 9.17) is 5.14 Å². The number of aliphatic imine (C=N–C) groups is 1. The third kappa shape index (κ3) is 6.03. The van der Waals surface area contributed by atoms with Gasteiger partial charge in [0.1, 0.15) is 0 Å². The number of likely N-dealkylation sites (tertiary alicyclic amines) is 1. The van der Waals surface area contributed by atoms with Crippen molar-refractivity contribution in [3.05, 3.63) is 65.7 Å². The maximum atomic E-state index is 11.5. The predicted molar refractivity (Wildman–Crippen MR) is 116 cm³/mol. The Morgan fingerprint density at radius 3 is 2.48 bits per heavy atom. The topological polar surface area (TPSA) is 99.8 Å². The first-order valence-corrected chi connectivity index (χ1v) is 11.4. The van der Waals surface area contributed by atoms with E-state index in [2.05, 4.69) is 44.8 Å². The number of hydrogen-bond donors (Lipinski definition) is 3. The summed E-state index contributed by atoms with van der Waals surface area (Å²) in [6.45, 7) is 3.39. The molecule has 0 aromatic heterocycles. The molecule has 2 aromatic rings. The van der Waals surface area contributed by atoms with Gasteiger partial charge in [-0.05, 0) is 49.2 Å². The Kier molecular flexibility index (Phi) is 7.24. The maximum absolute atomic E-state index is 11.5. The molecule has 29 heavy (non-hydrogen) atoms. The van der Waals surface area contributed by atoms with Gasteiger partial charge in [-0.15, -0.1) is 0 Å². The van der Waals surface area contributed by atoms with E-state index in [9.17, 15) is 8.42 Å². The van der Waals surface area contributed by atoms with Crippen LogP contribution in [0.1, 0.15) is 30.0 Å². The molecule has 1 unspecified atom stereocenters. The third-order valence-electron chi connectivity index (χ3n) is 5.14. The van der Waals surface area contributed by atoms with Crippen molar-refractivity contribution in [2.45, 2.75) is 30.3 Å². The van der Waals surface area contributed by atoms with Gasteiger partial charge in [0.05, 0.1) is 10.9 Å². The van der Waals surface area contributed by atoms with E-state index >= 15 is 0 Å². The Hall–Kier alpha value is -2.42. The van der Waals surface area contributed by atoms with E-state index in [1.165, 1.54) is 24.5 Å². The monoisotopic (exact) mass is 415 g/mol. The molecule has 0 spiro atoms. The normalized spacial score (nSPS) is 16.6. The smallest absolute Gasteiger partial charge is 0.238 e. The lowest BCUT2D eigenvalue weighted by molar-refractivity contribution is 0.245. The predicted octanol–water partition coefficient (Wildman–Crippen LogP) is 1.84. The van der Waals surface area contributed by atoms with E-state index in [0.717, 1.165) is 25.2 Å². The molecule has 1 aliphatic rings. The molecule has 0 aliphatic carbocycles. The molecular weight excluding hydrogens is 386 g/mol. The fraction of sp³-hybridized carbons (Fsp3) is 0.381. The van der Waals surface area contributed by atoms with E-state index in [-0.39, 0.29) is 10.9 Å². The Balaban J connectivity index is 1.62. The lowest BCUT2D eigenvalue weighted by atomic mass is 10.1. The van der Waals surface area contributed by atoms with Gasteiger partial charge in [-0.1, -0.05) is 42.5 Å². The van der Waals surface area contributed by atoms with Crippen LogP contribution in [0.15, 0.2) is 64.5 Å². The molecule has 4 N–H and O–H groups in total. The first-order chi connectivity index (χ1) is 14.0. The summed E-state index contributed by atoms with van der Waals surface area (Å²) in [5.74, 6) is 0.672. The number of sulfonamides is 1. The van der Waals surface area contributed by atoms with Crippen LogP contribution in [0.3, 0.4) is 0 Å². The summed E-state index contributed by atoms with van der Waals surface area (Å²) < 4.78 is 23.1. The standard InChI is InChI=1S/C21H29N5O2S/c1-23-21(24-15-17-8-7-11-19(14-17)29(22,27)28)25-16-20(26-12-5-6-13-26)18-9-3-2-4-10-18/h2-4,7-11,14,20H,5-6,12-13,15-16H2,1H3,(H2,22,27,28)(H2,23,24,25). The summed E-state index contributed by atoms with van der Waals surface area (Å²) in [7, 11) is -1.98. The van der Waals surface area contributed by atoms with Crippen LogP contribution in [0.5, 0.6) is 0 Å². The van der Waals surface area contributed by atoms with Gasteiger partial charge in [-0.2, -0.15) is 0 Å². The van der Waals surface area contributed by atoms with Gasteiger partial charge in [-0.3, -0.25) is 9.89 Å². The second-order valence-electron chi connectivity index (χ2n) is 7.17. The third-order valence-corrected chi connectivity index (χ3v) is 6.05. The molecule has 7 nitrogen and oxygen atoms in total. The quantitative estimate of drug-likeness (QED) is 0.473. The number of nitrogens with one attached hydrogen (secondary N) is 2. The summed E-state index contributed by atoms with van der Waals surface area (Å²) in [6, 6.07) is 17.4. The van der Waals surface area contributed by atoms with Crippen LogP contribution in [0.25, 0.3) is 0 Å². The number of guanidine groups is 1. The Labute approximate surface area is 173 Å². The zero-order chi connectivity index (χ0) is 20.7. The molecular formula is C21H29N5O2S. The zero-order valence-corrected chi connectivity index (χ0v) is 17.5. The van der Waals surface area contributed by atoms with Crippen molar-refractivity contribution in [3.63, 3.8) is 0 Å². The fourth-order valence-corrected chi connectivity index (χ4v) is 4.20. The summed E-state index contributed by atoms with van der Waals surface area (Å²) in [5, 5.41) is 11.9. The van der Waals surface area contributed by atoms with Crippen molar-refractivity contribution in [1.82, 2.24) is 15.5 Å². The van der Waals surface area contributed by atoms with Crippen LogP contribution < -0.4 is 15.8 Å². The molecule has 2 aromatic carbocycles. The van der Waals surface area contributed by atoms with E-state index in [1.54, 1.807) is 19.2 Å². The Morgan fingerprint density at radius 1 is 1.10 bits per heavy atom. The van der Waals surface area contributed by atoms with Gasteiger partial charge in [0, 0.05) is 20.1 Å². The second kappa shape index (κ2) is 9.87. The zero-order valence-electron chi connectivity index (χ0n) is 16.7. The average Bonchev–Trinajstić information content (AvgIpc) is 3.25. The molecule has 0 radical (unpaired) electrons. The molecule has 156 valence electrons. The van der Waals surface area contributed by atoms with Crippen LogP contribution in [0.2, 0.25) is 0 Å². The van der Waals surface area contributed by atoms with Gasteiger partial charge >= 0.3 is 0 Å². The highest BCUT2D eigenvalue weighted by Gasteiger charge is 2.23. The van der Waals surface area contributed by atoms with Gasteiger partial charge in [-0.25, -0.2) is 13.6 Å². The van der Waals surface area contributed by atoms with Crippen LogP contribution in [-0.4, -0.2) is 46.0 Å². The number of nitrogens with two attached hydrogens (primary N) is 1. The van der Waals surface area contributed by atoms with E-state index < -0.39 is 10.0 Å². The molecule has 0 amide bonds. The highest BCUT2D eigenvalue weighted by atomic mass is 32.2. The molecule has 1 saturated heterocycles. The summed E-state index contributed by atoms with van der Waals surface area (Å²) in [5.41, 5.74) is 2.11. The van der Waals surface area contributed by atoms with Crippen molar-refractivity contribution in [2.75, 3.05) is 26.7 Å². The van der Waals surface area contributed by atoms with Crippen molar-refractivity contribution < 1.29 is 8.42 Å². The second-order valence-corrected chi connectivity index (χ2v) is 8.73. The SMILES string of the molecule is CN=C(NCc1cccc(S(N)(=O)=O)c1)NCC(c1ccccc1)N1CCCC1. The summed E-state index contributed by atoms with van der Waals surface area (Å²) in [4.78, 5) is 6.91. The number of nitrogens with zero attached hydrogens (tertiary/aromatic N) is 2. The van der Waals surface area contributed by atoms with E-state index in [1.807, 2.05) is 12.1 Å². The average molecular weight is 416 g/mol. The van der Waals surface area contributed by atoms with Gasteiger partial charge in [0.2, 0.25) is 10.0 Å². The largest absolute Gasteiger partial charge is 0.354 e. The van der Waals surface area contributed by atoms with Crippen LogP contribution in [0, 0.1) is 0 Å². The minimum Gasteiger partial charge on any atom is -0.354 e. The van der Waals surface area contributed by atoms with Crippen molar-refractivity contribution in [1.29, 1.82) is 0 Å². The van der Waals surface area contributed by atoms with Crippen LogP contribution in [-0.2, 0) is 16.6 Å². The van der Waals surface area contributed by atoms with Crippen LogP contribution in [0.4, 0.5) is 0 Å². The minimum absolute atomic E-state index is 0.109. The highest BCUT2D eigenvalue weighted by Crippen LogP contribution is 2.24. The van der Waals surface area contributed by atoms with Gasteiger partial charge in [0.25, 0.3) is 0 Å². The van der Waals surface area contributed by atoms with Gasteiger partial charge < -0.3 is 10.6 Å². The number of hydrogen-bond acceptors (Lipinski definition) is 4. The fourth-order valence-electron chi connectivity index (χ4n) is 3.62. The van der Waals surface area contributed by atoms with Crippen molar-refractivity contribution >= 4 is 16.0 Å². The molecule has 1 atom stereocenters. The maximum Gasteiger partial charge on any atom is 0.238 e. The Bertz CT molecular complexity index is 925. The van der Waals surface area contributed by atoms with Crippen molar-refractivity contribution in [3.8, 4) is 0 Å². The summed E-state index contributed by atoms with van der Waals surface area (Å²) >= 11 is 0. The molecule has 8 heteroatoms. The molecule has 1 aliphatic heterocycles. The molecule has 1 heterocycles. The minimum atomic E-state index is -3.71. The first kappa shape index (κ1) is 21.3. The lowest BCUT2D eigenvalue weighted by Crippen LogP contribution is -2.42. The van der Waals surface area contributed by atoms with Crippen molar-refractivity contribution in [2.24, 2.45) is 10.1 Å². The molecule has 0 saturated carbocycles. The molecule has 1 fully saturated rings. The van der Waals surface area contributed by atoms with E-state index in [0.29, 0.717) is 12.5 Å². The first-order valence-electron chi connectivity index (χ1n) is 9.82.